The fourth-order valence-corrected chi connectivity index (χ4v) is 10.5. The zero-order chi connectivity index (χ0) is 56.3. The van der Waals surface area contributed by atoms with Crippen molar-refractivity contribution in [1.29, 1.82) is 0 Å². The Morgan fingerprint density at radius 2 is 1.67 bits per heavy atom. The second-order valence-corrected chi connectivity index (χ2v) is 19.8. The summed E-state index contributed by atoms with van der Waals surface area (Å²) in [5.41, 5.74) is 6.07. The van der Waals surface area contributed by atoms with E-state index in [1.165, 1.54) is 40.8 Å². The molecular formula is C54H58FN9O14. The molecular weight excluding hydrogens is 1020 g/mol. The molecule has 2 aromatic carbocycles. The second kappa shape index (κ2) is 23.0. The molecule has 7 N–H and O–H groups in total. The summed E-state index contributed by atoms with van der Waals surface area (Å²) < 4.78 is 22.5. The van der Waals surface area contributed by atoms with Crippen molar-refractivity contribution in [1.82, 2.24) is 40.2 Å². The number of nitrogens with zero attached hydrogens (tertiary/aromatic N) is 5. The van der Waals surface area contributed by atoms with Crippen molar-refractivity contribution >= 4 is 70.1 Å². The van der Waals surface area contributed by atoms with Crippen LogP contribution in [0.25, 0.3) is 22.3 Å². The molecule has 0 bridgehead atoms. The Hall–Kier alpha value is -8.51. The lowest BCUT2D eigenvalue weighted by Crippen LogP contribution is -2.54. The molecule has 0 fully saturated rings. The largest absolute Gasteiger partial charge is 0.481 e. The number of carboxylic acids is 1. The van der Waals surface area contributed by atoms with Crippen LogP contribution in [0.5, 0.6) is 0 Å². The third kappa shape index (κ3) is 11.3. The monoisotopic (exact) mass is 1080 g/mol. The van der Waals surface area contributed by atoms with Gasteiger partial charge in [0, 0.05) is 61.2 Å². The molecule has 0 spiro atoms. The molecule has 0 saturated heterocycles. The Morgan fingerprint density at radius 1 is 0.949 bits per heavy atom. The Kier molecular flexibility index (Phi) is 16.4. The van der Waals surface area contributed by atoms with Crippen LogP contribution in [0.3, 0.4) is 0 Å². The van der Waals surface area contributed by atoms with Crippen LogP contribution in [0.1, 0.15) is 96.9 Å². The number of nitrogens with one attached hydrogen (secondary N) is 3. The van der Waals surface area contributed by atoms with Gasteiger partial charge >= 0.3 is 11.9 Å². The zero-order valence-corrected chi connectivity index (χ0v) is 43.0. The fraction of sp³-hybridized carbons (Fsp3) is 0.407. The Bertz CT molecular complexity index is 3270. The summed E-state index contributed by atoms with van der Waals surface area (Å²) >= 11 is 0. The molecule has 4 atom stereocenters. The van der Waals surface area contributed by atoms with Gasteiger partial charge in [-0.05, 0) is 67.3 Å². The third-order valence-electron chi connectivity index (χ3n) is 14.6. The van der Waals surface area contributed by atoms with Gasteiger partial charge in [0.2, 0.25) is 35.4 Å². The molecule has 24 heteroatoms. The topological polar surface area (TPSA) is 327 Å². The van der Waals surface area contributed by atoms with E-state index in [0.29, 0.717) is 46.0 Å². The first-order chi connectivity index (χ1) is 37.1. The summed E-state index contributed by atoms with van der Waals surface area (Å²) in [5, 5.41) is 28.2. The van der Waals surface area contributed by atoms with Crippen molar-refractivity contribution in [3.05, 3.63) is 110 Å². The van der Waals surface area contributed by atoms with Crippen LogP contribution in [0.15, 0.2) is 59.4 Å². The van der Waals surface area contributed by atoms with Gasteiger partial charge in [0.15, 0.2) is 5.60 Å². The number of aliphatic carboxylic acids is 1. The van der Waals surface area contributed by atoms with Crippen molar-refractivity contribution in [3.63, 3.8) is 0 Å². The molecule has 0 saturated carbocycles. The number of unbranched alkanes of at least 4 members (excludes halogenated alkanes) is 2. The number of hydrogen-bond donors (Lipinski definition) is 6. The van der Waals surface area contributed by atoms with E-state index in [2.05, 4.69) is 16.0 Å². The first-order valence-electron chi connectivity index (χ1n) is 25.4. The van der Waals surface area contributed by atoms with E-state index in [-0.39, 0.29) is 79.6 Å². The molecule has 4 aromatic rings. The van der Waals surface area contributed by atoms with Crippen LogP contribution in [0.4, 0.5) is 4.39 Å². The highest BCUT2D eigenvalue weighted by Gasteiger charge is 2.46. The number of carboxylic acid groups (broad SMARTS) is 1. The van der Waals surface area contributed by atoms with Gasteiger partial charge in [-0.15, -0.1) is 0 Å². The van der Waals surface area contributed by atoms with Crippen LogP contribution in [-0.4, -0.2) is 139 Å². The molecule has 2 aromatic heterocycles. The number of ether oxygens (including phenoxy) is 1. The number of amides is 8. The first kappa shape index (κ1) is 55.7. The number of carbonyl (C=O) groups excluding carboxylic acids is 9. The molecule has 23 nitrogen and oxygen atoms in total. The minimum atomic E-state index is -2.15. The van der Waals surface area contributed by atoms with Crippen LogP contribution in [0, 0.1) is 12.7 Å². The van der Waals surface area contributed by atoms with Crippen LogP contribution < -0.4 is 27.2 Å². The van der Waals surface area contributed by atoms with E-state index in [0.717, 1.165) is 9.80 Å². The van der Waals surface area contributed by atoms with Gasteiger partial charge in [0.1, 0.15) is 25.0 Å². The fourth-order valence-electron chi connectivity index (χ4n) is 10.5. The molecule has 3 aliphatic heterocycles. The molecule has 410 valence electrons. The van der Waals surface area contributed by atoms with Crippen LogP contribution >= 0.6 is 0 Å². The van der Waals surface area contributed by atoms with E-state index in [1.807, 2.05) is 0 Å². The highest BCUT2D eigenvalue weighted by atomic mass is 19.1. The van der Waals surface area contributed by atoms with Crippen molar-refractivity contribution in [3.8, 4) is 11.4 Å². The number of aromatic nitrogens is 2. The lowest BCUT2D eigenvalue weighted by molar-refractivity contribution is -0.172. The van der Waals surface area contributed by atoms with Crippen molar-refractivity contribution in [2.24, 2.45) is 5.73 Å². The lowest BCUT2D eigenvalue weighted by atomic mass is 9.80. The van der Waals surface area contributed by atoms with E-state index in [9.17, 15) is 57.8 Å². The second-order valence-electron chi connectivity index (χ2n) is 19.8. The highest BCUT2D eigenvalue weighted by molar-refractivity contribution is 6.13. The number of aryl methyl sites for hydroxylation is 1. The minimum Gasteiger partial charge on any atom is -0.481 e. The first-order valence-corrected chi connectivity index (χ1v) is 25.4. The summed E-state index contributed by atoms with van der Waals surface area (Å²) in [6.45, 7) is 0.799. The van der Waals surface area contributed by atoms with E-state index < -0.39 is 127 Å². The van der Waals surface area contributed by atoms with E-state index >= 15 is 4.39 Å². The molecule has 1 aliphatic carbocycles. The maximum absolute atomic E-state index is 15.8. The number of carbonyl (C=O) groups is 10. The SMILES string of the molecule is CC[C@@]1(O)C(=O)OCc2c1cc1n(c2=O)Cc2c-1nc1cc(F)c(C)c3c1c2[C@@H](N(CC(=O)NC(=O)[C@H](Cc1ccccc1)NC(=O)CNC(=O)CN(C)C(=O)[C@@H](N)CC(=O)O)C(=O)CCCCCN1C(=O)C=CC1=O)CC3. The lowest BCUT2D eigenvalue weighted by Gasteiger charge is -2.37. The van der Waals surface area contributed by atoms with Crippen molar-refractivity contribution < 1.29 is 67.3 Å². The number of aliphatic hydroxyl groups is 1. The molecule has 5 heterocycles. The molecule has 8 rings (SSSR count). The molecule has 4 aliphatic rings. The average molecular weight is 1080 g/mol. The predicted molar refractivity (Wildman–Crippen MR) is 272 cm³/mol. The Morgan fingerprint density at radius 3 is 2.36 bits per heavy atom. The van der Waals surface area contributed by atoms with Crippen molar-refractivity contribution in [2.75, 3.05) is 33.2 Å². The maximum atomic E-state index is 15.8. The number of hydrogen-bond acceptors (Lipinski definition) is 15. The number of imide groups is 2. The highest BCUT2D eigenvalue weighted by Crippen LogP contribution is 2.47. The summed E-state index contributed by atoms with van der Waals surface area (Å²) in [7, 11) is 1.22. The van der Waals surface area contributed by atoms with Gasteiger partial charge in [0.05, 0.1) is 60.6 Å². The quantitative estimate of drug-likeness (QED) is 0.0333. The summed E-state index contributed by atoms with van der Waals surface area (Å²) in [5.74, 6) is -8.69. The molecule has 78 heavy (non-hydrogen) atoms. The Balaban J connectivity index is 1.08. The standard InChI is InChI=1S/C54H58FN9O14/c1-4-54(77)33-20-39-49-31(24-64(39)51(74)32(33)27-78-53(54)76)48-38(15-14-30-28(2)34(55)21-36(59-49)47(30)48)63(43(68)13-9-6-10-18-62-44(69)16-17-45(62)70)26-42(67)60-50(73)37(19-29-11-7-5-8-12-29)58-40(65)23-57-41(66)25-61(3)52(75)35(56)22-46(71)72/h5,7-8,11-12,16-17,20-21,35,37-38,77H,4,6,9-10,13-15,18-19,22-27,56H2,1-3H3,(H,57,66)(H,58,65)(H,71,72)(H,60,67,73)/t35-,37-,38-,54-/m0/s1. The van der Waals surface area contributed by atoms with E-state index in [4.69, 9.17) is 20.6 Å². The third-order valence-corrected chi connectivity index (χ3v) is 14.6. The zero-order valence-electron chi connectivity index (χ0n) is 43.0. The number of rotatable bonds is 21. The predicted octanol–water partition coefficient (Wildman–Crippen LogP) is 0.575. The number of halogens is 1. The molecule has 0 radical (unpaired) electrons. The van der Waals surface area contributed by atoms with Crippen LogP contribution in [-0.2, 0) is 84.3 Å². The number of likely N-dealkylation sites (N-methyl/N-ethyl adjacent to an activating group) is 1. The number of nitrogens with two attached hydrogens (primary N) is 1. The summed E-state index contributed by atoms with van der Waals surface area (Å²) in [6, 6.07) is 7.42. The minimum absolute atomic E-state index is 0.0467. The molecule has 8 amide bonds. The summed E-state index contributed by atoms with van der Waals surface area (Å²) in [4.78, 5) is 153. The van der Waals surface area contributed by atoms with Gasteiger partial charge in [-0.1, -0.05) is 43.7 Å². The summed E-state index contributed by atoms with van der Waals surface area (Å²) in [6.07, 6.45) is 2.62. The smallest absolute Gasteiger partial charge is 0.343 e. The number of fused-ring (bicyclic) bond motifs is 5. The number of esters is 1. The number of cyclic esters (lactones) is 1. The van der Waals surface area contributed by atoms with Gasteiger partial charge in [0.25, 0.3) is 17.4 Å². The van der Waals surface area contributed by atoms with Gasteiger partial charge < -0.3 is 45.7 Å². The van der Waals surface area contributed by atoms with Gasteiger partial charge in [-0.25, -0.2) is 14.2 Å². The average Bonchev–Trinajstić information content (AvgIpc) is 3.94. The Labute approximate surface area is 444 Å². The molecule has 0 unspecified atom stereocenters. The van der Waals surface area contributed by atoms with Gasteiger partial charge in [-0.3, -0.25) is 58.2 Å². The van der Waals surface area contributed by atoms with E-state index in [1.54, 1.807) is 44.2 Å². The maximum Gasteiger partial charge on any atom is 0.343 e. The number of pyridine rings is 2. The number of benzene rings is 2. The van der Waals surface area contributed by atoms with Gasteiger partial charge in [-0.2, -0.15) is 0 Å². The van der Waals surface area contributed by atoms with Crippen molar-refractivity contribution in [2.45, 2.75) is 109 Å². The normalized spacial score (nSPS) is 17.6. The van der Waals surface area contributed by atoms with Crippen LogP contribution in [0.2, 0.25) is 0 Å².